The van der Waals surface area contributed by atoms with Crippen LogP contribution in [-0.4, -0.2) is 7.11 Å². The second-order valence-electron chi connectivity index (χ2n) is 3.19. The highest BCUT2D eigenvalue weighted by Crippen LogP contribution is 2.29. The minimum Gasteiger partial charge on any atom is -0.497 e. The number of methoxy groups -OCH3 is 1. The molecule has 0 bridgehead atoms. The first-order valence-corrected chi connectivity index (χ1v) is 5.05. The van der Waals surface area contributed by atoms with Crippen molar-refractivity contribution in [1.29, 1.82) is 0 Å². The number of hydrogen-bond donors (Lipinski definition) is 0. The summed E-state index contributed by atoms with van der Waals surface area (Å²) in [7, 11) is 1.64. The highest BCUT2D eigenvalue weighted by molar-refractivity contribution is 6.22. The van der Waals surface area contributed by atoms with Crippen LogP contribution in [-0.2, 0) is 0 Å². The Hall–Kier alpha value is -1.41. The molecule has 0 aliphatic rings. The molecule has 78 valence electrons. The molecule has 0 N–H and O–H groups in total. The SMILES string of the molecule is COc1ccc(C(Cl)c2ccoc2)cc1. The van der Waals surface area contributed by atoms with E-state index in [2.05, 4.69) is 0 Å². The standard InChI is InChI=1S/C12H11ClO2/c1-14-11-4-2-9(3-5-11)12(13)10-6-7-15-8-10/h2-8,12H,1H3. The van der Waals surface area contributed by atoms with Crippen molar-refractivity contribution < 1.29 is 9.15 Å². The fourth-order valence-electron chi connectivity index (χ4n) is 1.38. The molecule has 1 unspecified atom stereocenters. The van der Waals surface area contributed by atoms with Gasteiger partial charge in [-0.25, -0.2) is 0 Å². The second-order valence-corrected chi connectivity index (χ2v) is 3.63. The van der Waals surface area contributed by atoms with Crippen LogP contribution in [0, 0.1) is 0 Å². The summed E-state index contributed by atoms with van der Waals surface area (Å²) < 4.78 is 10.1. The average molecular weight is 223 g/mol. The van der Waals surface area contributed by atoms with Gasteiger partial charge in [0.2, 0.25) is 0 Å². The summed E-state index contributed by atoms with van der Waals surface area (Å²) >= 11 is 6.27. The summed E-state index contributed by atoms with van der Waals surface area (Å²) in [5, 5.41) is -0.172. The molecule has 0 radical (unpaired) electrons. The monoisotopic (exact) mass is 222 g/mol. The van der Waals surface area contributed by atoms with E-state index in [1.54, 1.807) is 19.6 Å². The van der Waals surface area contributed by atoms with Crippen molar-refractivity contribution in [3.8, 4) is 5.75 Å². The number of rotatable bonds is 3. The quantitative estimate of drug-likeness (QED) is 0.741. The highest BCUT2D eigenvalue weighted by Gasteiger charge is 2.11. The summed E-state index contributed by atoms with van der Waals surface area (Å²) in [4.78, 5) is 0. The molecule has 0 amide bonds. The Morgan fingerprint density at radius 2 is 1.87 bits per heavy atom. The van der Waals surface area contributed by atoms with E-state index in [4.69, 9.17) is 20.8 Å². The first kappa shape index (κ1) is 10.1. The van der Waals surface area contributed by atoms with E-state index < -0.39 is 0 Å². The zero-order valence-electron chi connectivity index (χ0n) is 8.31. The van der Waals surface area contributed by atoms with Crippen molar-refractivity contribution in [2.24, 2.45) is 0 Å². The molecule has 1 atom stereocenters. The third kappa shape index (κ3) is 2.16. The molecule has 0 fully saturated rings. The maximum absolute atomic E-state index is 6.27. The minimum absolute atomic E-state index is 0.172. The molecule has 0 saturated heterocycles. The Labute approximate surface area is 93.4 Å². The number of alkyl halides is 1. The molecule has 2 aromatic rings. The van der Waals surface area contributed by atoms with Crippen LogP contribution in [0.4, 0.5) is 0 Å². The van der Waals surface area contributed by atoms with Gasteiger partial charge in [-0.15, -0.1) is 11.6 Å². The first-order chi connectivity index (χ1) is 7.31. The lowest BCUT2D eigenvalue weighted by atomic mass is 10.1. The molecule has 0 saturated carbocycles. The molecule has 3 heteroatoms. The molecule has 0 aliphatic heterocycles. The van der Waals surface area contributed by atoms with Gasteiger partial charge in [-0.2, -0.15) is 0 Å². The number of benzene rings is 1. The first-order valence-electron chi connectivity index (χ1n) is 4.61. The number of furan rings is 1. The minimum atomic E-state index is -0.172. The van der Waals surface area contributed by atoms with Gasteiger partial charge in [-0.3, -0.25) is 0 Å². The van der Waals surface area contributed by atoms with Crippen molar-refractivity contribution in [2.45, 2.75) is 5.38 Å². The van der Waals surface area contributed by atoms with Crippen LogP contribution in [0.15, 0.2) is 47.3 Å². The molecular formula is C12H11ClO2. The van der Waals surface area contributed by atoms with Crippen molar-refractivity contribution in [2.75, 3.05) is 7.11 Å². The van der Waals surface area contributed by atoms with E-state index in [9.17, 15) is 0 Å². The predicted octanol–water partition coefficient (Wildman–Crippen LogP) is 3.62. The molecule has 0 aliphatic carbocycles. The van der Waals surface area contributed by atoms with Crippen molar-refractivity contribution in [3.63, 3.8) is 0 Å². The molecule has 1 aromatic heterocycles. The third-order valence-corrected chi connectivity index (χ3v) is 2.75. The van der Waals surface area contributed by atoms with Gasteiger partial charge < -0.3 is 9.15 Å². The lowest BCUT2D eigenvalue weighted by Gasteiger charge is -2.07. The summed E-state index contributed by atoms with van der Waals surface area (Å²) in [6.45, 7) is 0. The molecule has 15 heavy (non-hydrogen) atoms. The number of halogens is 1. The van der Waals surface area contributed by atoms with Gasteiger partial charge in [0.25, 0.3) is 0 Å². The average Bonchev–Trinajstić information content (AvgIpc) is 2.82. The highest BCUT2D eigenvalue weighted by atomic mass is 35.5. The lowest BCUT2D eigenvalue weighted by molar-refractivity contribution is 0.414. The Morgan fingerprint density at radius 1 is 1.13 bits per heavy atom. The van der Waals surface area contributed by atoms with Crippen LogP contribution in [0.5, 0.6) is 5.75 Å². The Morgan fingerprint density at radius 3 is 2.40 bits per heavy atom. The normalized spacial score (nSPS) is 12.4. The van der Waals surface area contributed by atoms with Crippen LogP contribution >= 0.6 is 11.6 Å². The zero-order chi connectivity index (χ0) is 10.7. The zero-order valence-corrected chi connectivity index (χ0v) is 9.07. The Kier molecular flexibility index (Phi) is 2.97. The van der Waals surface area contributed by atoms with Gasteiger partial charge >= 0.3 is 0 Å². The number of hydrogen-bond acceptors (Lipinski definition) is 2. The van der Waals surface area contributed by atoms with Crippen LogP contribution in [0.1, 0.15) is 16.5 Å². The molecule has 1 aromatic carbocycles. The van der Waals surface area contributed by atoms with Gasteiger partial charge in [0.1, 0.15) is 5.75 Å². The van der Waals surface area contributed by atoms with Gasteiger partial charge in [0.15, 0.2) is 0 Å². The Balaban J connectivity index is 2.22. The summed E-state index contributed by atoms with van der Waals surface area (Å²) in [5.41, 5.74) is 1.99. The van der Waals surface area contributed by atoms with Crippen molar-refractivity contribution >= 4 is 11.6 Å². The van der Waals surface area contributed by atoms with E-state index in [-0.39, 0.29) is 5.38 Å². The van der Waals surface area contributed by atoms with Crippen molar-refractivity contribution in [3.05, 3.63) is 54.0 Å². The predicted molar refractivity (Wildman–Crippen MR) is 59.4 cm³/mol. The fourth-order valence-corrected chi connectivity index (χ4v) is 1.65. The van der Waals surface area contributed by atoms with Gasteiger partial charge in [0.05, 0.1) is 25.0 Å². The Bertz CT molecular complexity index is 406. The molecule has 0 spiro atoms. The van der Waals surface area contributed by atoms with E-state index in [1.165, 1.54) is 0 Å². The maximum Gasteiger partial charge on any atom is 0.118 e. The fraction of sp³-hybridized carbons (Fsp3) is 0.167. The molecule has 2 nitrogen and oxygen atoms in total. The van der Waals surface area contributed by atoms with E-state index >= 15 is 0 Å². The van der Waals surface area contributed by atoms with Gasteiger partial charge in [0, 0.05) is 5.56 Å². The summed E-state index contributed by atoms with van der Waals surface area (Å²) in [5.74, 6) is 0.829. The van der Waals surface area contributed by atoms with Crippen LogP contribution in [0.2, 0.25) is 0 Å². The van der Waals surface area contributed by atoms with Gasteiger partial charge in [-0.1, -0.05) is 12.1 Å². The van der Waals surface area contributed by atoms with Crippen LogP contribution in [0.3, 0.4) is 0 Å². The smallest absolute Gasteiger partial charge is 0.118 e. The van der Waals surface area contributed by atoms with Crippen molar-refractivity contribution in [1.82, 2.24) is 0 Å². The number of ether oxygens (including phenoxy) is 1. The largest absolute Gasteiger partial charge is 0.497 e. The maximum atomic E-state index is 6.27. The molecule has 2 rings (SSSR count). The summed E-state index contributed by atoms with van der Waals surface area (Å²) in [6.07, 6.45) is 3.27. The molecule has 1 heterocycles. The van der Waals surface area contributed by atoms with E-state index in [0.29, 0.717) is 0 Å². The van der Waals surface area contributed by atoms with E-state index in [0.717, 1.165) is 16.9 Å². The van der Waals surface area contributed by atoms with Crippen LogP contribution in [0.25, 0.3) is 0 Å². The van der Waals surface area contributed by atoms with E-state index in [1.807, 2.05) is 30.3 Å². The van der Waals surface area contributed by atoms with Crippen LogP contribution < -0.4 is 4.74 Å². The third-order valence-electron chi connectivity index (χ3n) is 2.24. The lowest BCUT2D eigenvalue weighted by Crippen LogP contribution is -1.91. The molecular weight excluding hydrogens is 212 g/mol. The summed E-state index contributed by atoms with van der Waals surface area (Å²) in [6, 6.07) is 9.55. The topological polar surface area (TPSA) is 22.4 Å². The second kappa shape index (κ2) is 4.41. The van der Waals surface area contributed by atoms with Gasteiger partial charge in [-0.05, 0) is 23.8 Å².